The van der Waals surface area contributed by atoms with Gasteiger partial charge in [-0.05, 0) is 37.9 Å². The van der Waals surface area contributed by atoms with E-state index >= 15 is 0 Å². The standard InChI is InChI=1S/C21H22N2O8/c1-23-15-9-6-7-5-8-11(31-2)4-3-10(24)13(8)16(25)12(7)18(27)21(9,30)19(28)14(17(15)26)20(22)29/h3-4,7,9,15,23-24,26-27,30H,5-6H2,1-2H3,(H2,22,29)/t7-,9-,15-,21-/m0/s1. The molecule has 7 N–H and O–H groups in total. The zero-order chi connectivity index (χ0) is 22.8. The lowest BCUT2D eigenvalue weighted by Gasteiger charge is -2.48. The van der Waals surface area contributed by atoms with Crippen molar-refractivity contribution in [1.29, 1.82) is 0 Å². The van der Waals surface area contributed by atoms with Crippen molar-refractivity contribution in [1.82, 2.24) is 5.32 Å². The number of aliphatic hydroxyl groups excluding tert-OH is 2. The van der Waals surface area contributed by atoms with E-state index in [1.54, 1.807) is 0 Å². The van der Waals surface area contributed by atoms with E-state index in [2.05, 4.69) is 5.32 Å². The van der Waals surface area contributed by atoms with Gasteiger partial charge in [-0.2, -0.15) is 0 Å². The molecular formula is C21H22N2O8. The smallest absolute Gasteiger partial charge is 0.255 e. The first kappa shape index (κ1) is 20.9. The zero-order valence-electron chi connectivity index (χ0n) is 16.8. The van der Waals surface area contributed by atoms with Crippen LogP contribution in [0.5, 0.6) is 11.5 Å². The number of hydrogen-bond acceptors (Lipinski definition) is 9. The lowest BCUT2D eigenvalue weighted by molar-refractivity contribution is -0.146. The van der Waals surface area contributed by atoms with Gasteiger partial charge < -0.3 is 36.2 Å². The summed E-state index contributed by atoms with van der Waals surface area (Å²) in [5.41, 5.74) is 1.90. The molecule has 0 saturated heterocycles. The van der Waals surface area contributed by atoms with Crippen molar-refractivity contribution in [3.05, 3.63) is 45.9 Å². The number of likely N-dealkylation sites (N-methyl/N-ethyl adjacent to an activating group) is 1. The Bertz CT molecular complexity index is 1100. The normalized spacial score (nSPS) is 30.0. The quantitative estimate of drug-likeness (QED) is 0.354. The fraction of sp³-hybridized carbons (Fsp3) is 0.381. The van der Waals surface area contributed by atoms with Crippen LogP contribution in [0.15, 0.2) is 34.8 Å². The van der Waals surface area contributed by atoms with Crippen LogP contribution in [0.4, 0.5) is 0 Å². The third-order valence-corrected chi connectivity index (χ3v) is 6.57. The van der Waals surface area contributed by atoms with Crippen LogP contribution in [0.2, 0.25) is 0 Å². The number of benzene rings is 1. The number of carbonyl (C=O) groups excluding carboxylic acids is 3. The summed E-state index contributed by atoms with van der Waals surface area (Å²) >= 11 is 0. The minimum atomic E-state index is -2.64. The molecular weight excluding hydrogens is 408 g/mol. The second kappa shape index (κ2) is 6.82. The van der Waals surface area contributed by atoms with E-state index in [-0.39, 0.29) is 29.7 Å². The average Bonchev–Trinajstić information content (AvgIpc) is 2.71. The van der Waals surface area contributed by atoms with Crippen molar-refractivity contribution >= 4 is 17.5 Å². The molecule has 0 spiro atoms. The molecule has 1 aromatic rings. The summed E-state index contributed by atoms with van der Waals surface area (Å²) in [6.07, 6.45) is 0.204. The molecule has 10 nitrogen and oxygen atoms in total. The number of carbonyl (C=O) groups is 3. The van der Waals surface area contributed by atoms with E-state index in [1.807, 2.05) is 0 Å². The summed E-state index contributed by atoms with van der Waals surface area (Å²) < 4.78 is 5.31. The molecule has 0 aromatic heterocycles. The highest BCUT2D eigenvalue weighted by atomic mass is 16.5. The van der Waals surface area contributed by atoms with Crippen LogP contribution in [-0.2, 0) is 16.0 Å². The van der Waals surface area contributed by atoms with Crippen molar-refractivity contribution in [2.75, 3.05) is 14.2 Å². The van der Waals surface area contributed by atoms with E-state index in [0.717, 1.165) is 0 Å². The molecule has 0 aliphatic heterocycles. The lowest BCUT2D eigenvalue weighted by Crippen LogP contribution is -2.63. The summed E-state index contributed by atoms with van der Waals surface area (Å²) in [7, 11) is 2.87. The Morgan fingerprint density at radius 2 is 1.94 bits per heavy atom. The molecule has 3 aliphatic carbocycles. The molecule has 10 heteroatoms. The number of primary amides is 1. The SMILES string of the molecule is CN[C@@H]1C(O)=C(C(N)=O)C(=O)[C@@]2(O)C(O)=C3C(=O)c4c(O)ccc(OC)c4C[C@H]3C[C@@H]12. The minimum absolute atomic E-state index is 0.0211. The van der Waals surface area contributed by atoms with Crippen LogP contribution in [0.1, 0.15) is 22.3 Å². The maximum Gasteiger partial charge on any atom is 0.255 e. The predicted octanol–water partition coefficient (Wildman–Crippen LogP) is -0.213. The number of fused-ring (bicyclic) bond motifs is 3. The Morgan fingerprint density at radius 3 is 2.52 bits per heavy atom. The highest BCUT2D eigenvalue weighted by molar-refractivity contribution is 6.24. The van der Waals surface area contributed by atoms with Crippen LogP contribution in [0.3, 0.4) is 0 Å². The Kier molecular flexibility index (Phi) is 4.60. The summed E-state index contributed by atoms with van der Waals surface area (Å²) in [6, 6.07) is 1.72. The number of allylic oxidation sites excluding steroid dienone is 1. The monoisotopic (exact) mass is 430 g/mol. The number of ketones is 2. The third kappa shape index (κ3) is 2.55. The minimum Gasteiger partial charge on any atom is -0.510 e. The van der Waals surface area contributed by atoms with Crippen molar-refractivity contribution < 1.29 is 39.5 Å². The molecule has 4 rings (SSSR count). The van der Waals surface area contributed by atoms with Crippen molar-refractivity contribution in [3.63, 3.8) is 0 Å². The number of hydrogen-bond donors (Lipinski definition) is 6. The molecule has 31 heavy (non-hydrogen) atoms. The Morgan fingerprint density at radius 1 is 1.26 bits per heavy atom. The second-order valence-corrected chi connectivity index (χ2v) is 7.96. The fourth-order valence-electron chi connectivity index (χ4n) is 5.17. The van der Waals surface area contributed by atoms with E-state index in [4.69, 9.17) is 10.5 Å². The van der Waals surface area contributed by atoms with Crippen LogP contribution >= 0.6 is 0 Å². The molecule has 1 aromatic carbocycles. The molecule has 0 unspecified atom stereocenters. The molecule has 164 valence electrons. The van der Waals surface area contributed by atoms with Gasteiger partial charge in [-0.15, -0.1) is 0 Å². The zero-order valence-corrected chi connectivity index (χ0v) is 16.8. The molecule has 3 aliphatic rings. The molecule has 0 saturated carbocycles. The van der Waals surface area contributed by atoms with Gasteiger partial charge in [0.2, 0.25) is 5.78 Å². The van der Waals surface area contributed by atoms with Gasteiger partial charge in [0.15, 0.2) is 11.4 Å². The van der Waals surface area contributed by atoms with Crippen LogP contribution in [0.25, 0.3) is 0 Å². The first-order valence-electron chi connectivity index (χ1n) is 9.63. The van der Waals surface area contributed by atoms with Crippen LogP contribution in [0, 0.1) is 11.8 Å². The molecule has 0 radical (unpaired) electrons. The van der Waals surface area contributed by atoms with Gasteiger partial charge in [0.1, 0.15) is 28.6 Å². The maximum atomic E-state index is 13.3. The highest BCUT2D eigenvalue weighted by Gasteiger charge is 2.62. The summed E-state index contributed by atoms with van der Waals surface area (Å²) in [4.78, 5) is 38.1. The highest BCUT2D eigenvalue weighted by Crippen LogP contribution is 2.52. The topological polar surface area (TPSA) is 179 Å². The molecule has 0 bridgehead atoms. The molecule has 0 heterocycles. The number of methoxy groups -OCH3 is 1. The Balaban J connectivity index is 1.96. The van der Waals surface area contributed by atoms with Gasteiger partial charge in [-0.25, -0.2) is 0 Å². The van der Waals surface area contributed by atoms with Gasteiger partial charge in [0.05, 0.1) is 18.7 Å². The first-order chi connectivity index (χ1) is 14.6. The van der Waals surface area contributed by atoms with E-state index in [0.29, 0.717) is 11.3 Å². The number of aliphatic hydroxyl groups is 3. The van der Waals surface area contributed by atoms with Gasteiger partial charge in [0, 0.05) is 17.1 Å². The first-order valence-corrected chi connectivity index (χ1v) is 9.63. The number of nitrogens with one attached hydrogen (secondary N) is 1. The Hall–Kier alpha value is -3.37. The van der Waals surface area contributed by atoms with Crippen molar-refractivity contribution in [2.45, 2.75) is 24.5 Å². The number of amides is 1. The van der Waals surface area contributed by atoms with Crippen molar-refractivity contribution in [3.8, 4) is 11.5 Å². The fourth-order valence-corrected chi connectivity index (χ4v) is 5.17. The number of aromatic hydroxyl groups is 1. The number of ether oxygens (including phenoxy) is 1. The van der Waals surface area contributed by atoms with Gasteiger partial charge in [0.25, 0.3) is 5.91 Å². The summed E-state index contributed by atoms with van der Waals surface area (Å²) in [5, 5.41) is 45.9. The van der Waals surface area contributed by atoms with E-state index < -0.39 is 58.0 Å². The van der Waals surface area contributed by atoms with E-state index in [9.17, 15) is 34.8 Å². The summed E-state index contributed by atoms with van der Waals surface area (Å²) in [6.45, 7) is 0. The number of nitrogens with two attached hydrogens (primary N) is 1. The lowest BCUT2D eigenvalue weighted by atomic mass is 9.59. The van der Waals surface area contributed by atoms with Gasteiger partial charge in [-0.1, -0.05) is 0 Å². The molecule has 0 fully saturated rings. The number of phenolic OH excluding ortho intramolecular Hbond substituents is 1. The van der Waals surface area contributed by atoms with Gasteiger partial charge in [-0.3, -0.25) is 14.4 Å². The third-order valence-electron chi connectivity index (χ3n) is 6.57. The average molecular weight is 430 g/mol. The number of phenols is 1. The van der Waals surface area contributed by atoms with E-state index in [1.165, 1.54) is 26.3 Å². The van der Waals surface area contributed by atoms with Crippen LogP contribution < -0.4 is 15.8 Å². The molecule has 4 atom stereocenters. The molecule has 1 amide bonds. The largest absolute Gasteiger partial charge is 0.510 e. The van der Waals surface area contributed by atoms with Gasteiger partial charge >= 0.3 is 0 Å². The second-order valence-electron chi connectivity index (χ2n) is 7.96. The number of Topliss-reactive ketones (excluding diaryl/α,β-unsaturated/α-hetero) is 2. The number of rotatable bonds is 3. The summed E-state index contributed by atoms with van der Waals surface area (Å²) in [5.74, 6) is -6.47. The van der Waals surface area contributed by atoms with Crippen LogP contribution in [-0.4, -0.2) is 63.7 Å². The van der Waals surface area contributed by atoms with Crippen molar-refractivity contribution in [2.24, 2.45) is 17.6 Å². The predicted molar refractivity (Wildman–Crippen MR) is 106 cm³/mol. The maximum absolute atomic E-state index is 13.3. The Labute approximate surface area is 176 Å².